The number of imidazole rings is 1. The molecule has 1 fully saturated rings. The maximum absolute atomic E-state index is 13.3. The third-order valence-corrected chi connectivity index (χ3v) is 8.24. The first-order valence-corrected chi connectivity index (χ1v) is 15.1. The zero-order valence-electron chi connectivity index (χ0n) is 23.2. The second-order valence-corrected chi connectivity index (χ2v) is 11.6. The normalized spacial score (nSPS) is 18.3. The fraction of sp³-hybridized carbons (Fsp3) is 0.567. The summed E-state index contributed by atoms with van der Waals surface area (Å²) in [5.41, 5.74) is 3.75. The lowest BCUT2D eigenvalue weighted by molar-refractivity contribution is -0.123. The Hall–Kier alpha value is -2.58. The smallest absolute Gasteiger partial charge is 0.252 e. The van der Waals surface area contributed by atoms with Crippen LogP contribution >= 0.6 is 11.8 Å². The van der Waals surface area contributed by atoms with Gasteiger partial charge in [-0.2, -0.15) is 0 Å². The third-order valence-electron chi connectivity index (χ3n) is 7.35. The topological polar surface area (TPSA) is 85.2 Å². The molecule has 2 aromatic rings. The van der Waals surface area contributed by atoms with Crippen molar-refractivity contribution in [3.05, 3.63) is 52.7 Å². The van der Waals surface area contributed by atoms with Crippen LogP contribution in [0.5, 0.6) is 0 Å². The fourth-order valence-corrected chi connectivity index (χ4v) is 6.01. The van der Waals surface area contributed by atoms with Crippen LogP contribution in [0, 0.1) is 5.92 Å². The first-order chi connectivity index (χ1) is 18.4. The monoisotopic (exact) mass is 538 g/mol. The molecule has 3 heterocycles. The molecule has 0 saturated carbocycles. The molecule has 0 bridgehead atoms. The lowest BCUT2D eigenvalue weighted by Gasteiger charge is -2.21. The number of nitrogens with zero attached hydrogens (tertiary/aromatic N) is 2. The minimum atomic E-state index is -0.596. The molecule has 0 spiro atoms. The number of allylic oxidation sites excluding steroid dienone is 2. The van der Waals surface area contributed by atoms with Crippen LogP contribution in [0.1, 0.15) is 82.0 Å². The average Bonchev–Trinajstić information content (AvgIpc) is 3.56. The SMILES string of the molecule is CCC(CC)n1c(CC2=CC=CSC2)nc2cc(C(=O)N[C@@H](CC(C)C)C(=O)NC[C@@H]3CCCO3)ccc21. The number of nitrogens with one attached hydrogen (secondary N) is 2. The Morgan fingerprint density at radius 1 is 1.24 bits per heavy atom. The molecule has 1 aromatic carbocycles. The molecule has 2 atom stereocenters. The Balaban J connectivity index is 1.55. The maximum Gasteiger partial charge on any atom is 0.252 e. The number of ether oxygens (including phenoxy) is 1. The van der Waals surface area contributed by atoms with Crippen LogP contribution in [0.3, 0.4) is 0 Å². The zero-order valence-corrected chi connectivity index (χ0v) is 24.0. The molecule has 8 heteroatoms. The van der Waals surface area contributed by atoms with Crippen LogP contribution in [0.4, 0.5) is 0 Å². The van der Waals surface area contributed by atoms with E-state index >= 15 is 0 Å². The number of fused-ring (bicyclic) bond motifs is 1. The molecule has 0 aliphatic carbocycles. The molecule has 0 radical (unpaired) electrons. The number of thioether (sulfide) groups is 1. The van der Waals surface area contributed by atoms with E-state index in [-0.39, 0.29) is 23.8 Å². The van der Waals surface area contributed by atoms with E-state index in [0.29, 0.717) is 24.6 Å². The predicted molar refractivity (Wildman–Crippen MR) is 155 cm³/mol. The van der Waals surface area contributed by atoms with Crippen LogP contribution in [0.15, 0.2) is 41.3 Å². The van der Waals surface area contributed by atoms with Crippen LogP contribution in [0.2, 0.25) is 0 Å². The standard InChI is InChI=1S/C30H42N4O3S/c1-5-23(6-2)34-27-12-11-22(17-25(27)32-28(34)16-21-9-8-14-38-19-21)29(35)33-26(15-20(3)4)30(36)31-18-24-10-7-13-37-24/h8-9,11-12,14,17,20,23-24,26H,5-7,10,13,15-16,18-19H2,1-4H3,(H,31,36)(H,33,35)/t24-,26-/m0/s1. The summed E-state index contributed by atoms with van der Waals surface area (Å²) in [7, 11) is 0. The summed E-state index contributed by atoms with van der Waals surface area (Å²) >= 11 is 1.81. The van der Waals surface area contributed by atoms with Crippen molar-refractivity contribution in [2.24, 2.45) is 5.92 Å². The summed E-state index contributed by atoms with van der Waals surface area (Å²) in [6.07, 6.45) is 9.73. The predicted octanol–water partition coefficient (Wildman–Crippen LogP) is 5.57. The lowest BCUT2D eigenvalue weighted by Crippen LogP contribution is -2.48. The number of hydrogen-bond acceptors (Lipinski definition) is 5. The van der Waals surface area contributed by atoms with E-state index in [0.717, 1.165) is 61.3 Å². The number of aromatic nitrogens is 2. The molecule has 2 N–H and O–H groups in total. The highest BCUT2D eigenvalue weighted by Crippen LogP contribution is 2.29. The van der Waals surface area contributed by atoms with Gasteiger partial charge in [-0.15, -0.1) is 11.8 Å². The largest absolute Gasteiger partial charge is 0.376 e. The van der Waals surface area contributed by atoms with Gasteiger partial charge in [0, 0.05) is 36.9 Å². The fourth-order valence-electron chi connectivity index (χ4n) is 5.31. The molecule has 38 heavy (non-hydrogen) atoms. The van der Waals surface area contributed by atoms with Crippen molar-refractivity contribution in [3.63, 3.8) is 0 Å². The van der Waals surface area contributed by atoms with Crippen molar-refractivity contribution >= 4 is 34.6 Å². The number of rotatable bonds is 12. The lowest BCUT2D eigenvalue weighted by atomic mass is 10.0. The summed E-state index contributed by atoms with van der Waals surface area (Å²) in [5, 5.41) is 8.09. The Morgan fingerprint density at radius 3 is 2.71 bits per heavy atom. The van der Waals surface area contributed by atoms with Gasteiger partial charge < -0.3 is 19.9 Å². The van der Waals surface area contributed by atoms with E-state index < -0.39 is 6.04 Å². The first-order valence-electron chi connectivity index (χ1n) is 14.1. The van der Waals surface area contributed by atoms with Gasteiger partial charge in [0.25, 0.3) is 5.91 Å². The van der Waals surface area contributed by atoms with Crippen molar-refractivity contribution in [2.45, 2.75) is 84.4 Å². The van der Waals surface area contributed by atoms with Crippen LogP contribution < -0.4 is 10.6 Å². The summed E-state index contributed by atoms with van der Waals surface area (Å²) < 4.78 is 7.99. The number of carbonyl (C=O) groups is 2. The molecule has 0 unspecified atom stereocenters. The van der Waals surface area contributed by atoms with E-state index in [1.165, 1.54) is 5.57 Å². The van der Waals surface area contributed by atoms with Gasteiger partial charge in [-0.25, -0.2) is 4.98 Å². The number of hydrogen-bond donors (Lipinski definition) is 2. The van der Waals surface area contributed by atoms with Crippen LogP contribution in [-0.4, -0.2) is 52.4 Å². The molecule has 1 aromatic heterocycles. The van der Waals surface area contributed by atoms with Gasteiger partial charge in [-0.05, 0) is 61.6 Å². The first kappa shape index (κ1) is 28.4. The van der Waals surface area contributed by atoms with Crippen molar-refractivity contribution in [3.8, 4) is 0 Å². The molecule has 2 aliphatic heterocycles. The second kappa shape index (κ2) is 13.5. The summed E-state index contributed by atoms with van der Waals surface area (Å²) in [5.74, 6) is 1.87. The van der Waals surface area contributed by atoms with E-state index in [1.54, 1.807) is 11.8 Å². The van der Waals surface area contributed by atoms with Gasteiger partial charge >= 0.3 is 0 Å². The molecule has 1 saturated heterocycles. The Kier molecular flexibility index (Phi) is 10.1. The van der Waals surface area contributed by atoms with Gasteiger partial charge in [0.1, 0.15) is 11.9 Å². The Morgan fingerprint density at radius 2 is 2.05 bits per heavy atom. The zero-order chi connectivity index (χ0) is 27.1. The molecule has 2 amide bonds. The van der Waals surface area contributed by atoms with Crippen LogP contribution in [0.25, 0.3) is 11.0 Å². The summed E-state index contributed by atoms with van der Waals surface area (Å²) in [4.78, 5) is 31.3. The summed E-state index contributed by atoms with van der Waals surface area (Å²) in [6.45, 7) is 9.76. The maximum atomic E-state index is 13.3. The average molecular weight is 539 g/mol. The third kappa shape index (κ3) is 7.08. The molecular formula is C30H42N4O3S. The van der Waals surface area contributed by atoms with E-state index in [9.17, 15) is 9.59 Å². The van der Waals surface area contributed by atoms with Crippen molar-refractivity contribution in [1.29, 1.82) is 0 Å². The van der Waals surface area contributed by atoms with Crippen molar-refractivity contribution in [2.75, 3.05) is 18.9 Å². The second-order valence-electron chi connectivity index (χ2n) is 10.7. The van der Waals surface area contributed by atoms with Gasteiger partial charge in [0.05, 0.1) is 17.1 Å². The van der Waals surface area contributed by atoms with Gasteiger partial charge in [-0.1, -0.05) is 45.4 Å². The molecule has 2 aliphatic rings. The minimum absolute atomic E-state index is 0.0649. The number of amides is 2. The Labute approximate surface area is 230 Å². The number of carbonyl (C=O) groups excluding carboxylic acids is 2. The summed E-state index contributed by atoms with van der Waals surface area (Å²) in [6, 6.07) is 5.49. The van der Waals surface area contributed by atoms with E-state index in [2.05, 4.69) is 60.5 Å². The van der Waals surface area contributed by atoms with Crippen LogP contribution in [-0.2, 0) is 16.0 Å². The van der Waals surface area contributed by atoms with E-state index in [4.69, 9.17) is 9.72 Å². The quantitative estimate of drug-likeness (QED) is 0.369. The van der Waals surface area contributed by atoms with Gasteiger partial charge in [0.2, 0.25) is 5.91 Å². The van der Waals surface area contributed by atoms with Gasteiger partial charge in [-0.3, -0.25) is 9.59 Å². The highest BCUT2D eigenvalue weighted by atomic mass is 32.2. The highest BCUT2D eigenvalue weighted by Gasteiger charge is 2.25. The van der Waals surface area contributed by atoms with Gasteiger partial charge in [0.15, 0.2) is 0 Å². The number of benzene rings is 1. The minimum Gasteiger partial charge on any atom is -0.376 e. The van der Waals surface area contributed by atoms with Crippen molar-refractivity contribution < 1.29 is 14.3 Å². The Bertz CT molecular complexity index is 1180. The van der Waals surface area contributed by atoms with Crippen molar-refractivity contribution in [1.82, 2.24) is 20.2 Å². The molecule has 206 valence electrons. The highest BCUT2D eigenvalue weighted by molar-refractivity contribution is 8.02. The van der Waals surface area contributed by atoms with E-state index in [1.807, 2.05) is 18.2 Å². The molecular weight excluding hydrogens is 496 g/mol. The molecule has 7 nitrogen and oxygen atoms in total. The molecule has 4 rings (SSSR count).